The van der Waals surface area contributed by atoms with Gasteiger partial charge in [0.25, 0.3) is 0 Å². The minimum absolute atomic E-state index is 0.0209. The van der Waals surface area contributed by atoms with Crippen LogP contribution in [0.1, 0.15) is 25.1 Å². The fourth-order valence-electron chi connectivity index (χ4n) is 1.47. The molecule has 0 atom stereocenters. The largest absolute Gasteiger partial charge is 0.435 e. The first-order chi connectivity index (χ1) is 7.34. The Kier molecular flexibility index (Phi) is 3.96. The van der Waals surface area contributed by atoms with Crippen molar-refractivity contribution in [2.75, 3.05) is 6.61 Å². The van der Waals surface area contributed by atoms with E-state index in [2.05, 4.69) is 5.10 Å². The molecule has 0 spiro atoms. The monoisotopic (exact) mass is 236 g/mol. The molecule has 92 valence electrons. The molecular formula is C10H15F3N2O. The minimum atomic E-state index is -4.45. The normalized spacial score (nSPS) is 12.4. The van der Waals surface area contributed by atoms with E-state index in [4.69, 9.17) is 5.11 Å². The molecule has 3 nitrogen and oxygen atoms in total. The molecule has 0 saturated carbocycles. The second kappa shape index (κ2) is 4.86. The summed E-state index contributed by atoms with van der Waals surface area (Å²) >= 11 is 0. The summed E-state index contributed by atoms with van der Waals surface area (Å²) in [5.74, 6) is 0.225. The Hall–Kier alpha value is -1.04. The molecule has 1 aromatic rings. The molecule has 16 heavy (non-hydrogen) atoms. The average molecular weight is 236 g/mol. The first-order valence-electron chi connectivity index (χ1n) is 5.09. The number of hydrogen-bond acceptors (Lipinski definition) is 2. The number of hydrogen-bond donors (Lipinski definition) is 1. The third kappa shape index (κ3) is 3.23. The van der Waals surface area contributed by atoms with Crippen molar-refractivity contribution < 1.29 is 18.3 Å². The number of aliphatic hydroxyl groups excluding tert-OH is 1. The zero-order valence-electron chi connectivity index (χ0n) is 9.25. The molecule has 0 aromatic carbocycles. The SMILES string of the molecule is CC(C)Cn1cc(CCO)c(C(F)(F)F)n1. The van der Waals surface area contributed by atoms with Crippen LogP contribution < -0.4 is 0 Å². The van der Waals surface area contributed by atoms with Gasteiger partial charge in [0.1, 0.15) is 0 Å². The van der Waals surface area contributed by atoms with E-state index >= 15 is 0 Å². The Morgan fingerprint density at radius 3 is 2.50 bits per heavy atom. The van der Waals surface area contributed by atoms with E-state index in [1.165, 1.54) is 10.9 Å². The van der Waals surface area contributed by atoms with Crippen molar-refractivity contribution in [1.29, 1.82) is 0 Å². The topological polar surface area (TPSA) is 38.0 Å². The molecule has 0 saturated heterocycles. The van der Waals surface area contributed by atoms with Crippen molar-refractivity contribution in [3.63, 3.8) is 0 Å². The molecule has 0 radical (unpaired) electrons. The van der Waals surface area contributed by atoms with Gasteiger partial charge >= 0.3 is 6.18 Å². The van der Waals surface area contributed by atoms with Gasteiger partial charge in [-0.2, -0.15) is 18.3 Å². The minimum Gasteiger partial charge on any atom is -0.396 e. The highest BCUT2D eigenvalue weighted by atomic mass is 19.4. The number of alkyl halides is 3. The van der Waals surface area contributed by atoms with Crippen LogP contribution in [0.4, 0.5) is 13.2 Å². The molecule has 1 rings (SSSR count). The molecular weight excluding hydrogens is 221 g/mol. The fourth-order valence-corrected chi connectivity index (χ4v) is 1.47. The highest BCUT2D eigenvalue weighted by Crippen LogP contribution is 2.30. The molecule has 1 aromatic heterocycles. The maximum atomic E-state index is 12.6. The smallest absolute Gasteiger partial charge is 0.396 e. The van der Waals surface area contributed by atoms with Gasteiger partial charge in [-0.15, -0.1) is 0 Å². The quantitative estimate of drug-likeness (QED) is 0.869. The van der Waals surface area contributed by atoms with Gasteiger partial charge in [-0.1, -0.05) is 13.8 Å². The van der Waals surface area contributed by atoms with Gasteiger partial charge in [0.15, 0.2) is 5.69 Å². The van der Waals surface area contributed by atoms with E-state index in [0.717, 1.165) is 0 Å². The Labute approximate surface area is 91.9 Å². The van der Waals surface area contributed by atoms with Crippen molar-refractivity contribution in [2.24, 2.45) is 5.92 Å². The second-order valence-electron chi connectivity index (χ2n) is 4.09. The van der Waals surface area contributed by atoms with Gasteiger partial charge < -0.3 is 5.11 Å². The number of rotatable bonds is 4. The second-order valence-corrected chi connectivity index (χ2v) is 4.09. The summed E-state index contributed by atoms with van der Waals surface area (Å²) < 4.78 is 39.0. The summed E-state index contributed by atoms with van der Waals surface area (Å²) in [5, 5.41) is 12.2. The van der Waals surface area contributed by atoms with E-state index in [9.17, 15) is 13.2 Å². The maximum Gasteiger partial charge on any atom is 0.435 e. The van der Waals surface area contributed by atoms with Crippen molar-refractivity contribution in [1.82, 2.24) is 9.78 Å². The van der Waals surface area contributed by atoms with Crippen molar-refractivity contribution in [3.05, 3.63) is 17.5 Å². The predicted molar refractivity (Wildman–Crippen MR) is 52.9 cm³/mol. The lowest BCUT2D eigenvalue weighted by atomic mass is 10.2. The van der Waals surface area contributed by atoms with Crippen LogP contribution in [0.5, 0.6) is 0 Å². The molecule has 0 aliphatic carbocycles. The number of aromatic nitrogens is 2. The molecule has 0 bridgehead atoms. The van der Waals surface area contributed by atoms with Gasteiger partial charge in [-0.3, -0.25) is 4.68 Å². The Morgan fingerprint density at radius 2 is 2.06 bits per heavy atom. The maximum absolute atomic E-state index is 12.6. The van der Waals surface area contributed by atoms with Gasteiger partial charge in [-0.05, 0) is 12.3 Å². The molecule has 0 aliphatic heterocycles. The van der Waals surface area contributed by atoms with Crippen molar-refractivity contribution in [3.8, 4) is 0 Å². The summed E-state index contributed by atoms with van der Waals surface area (Å²) in [4.78, 5) is 0. The predicted octanol–water partition coefficient (Wildman–Crippen LogP) is 2.09. The average Bonchev–Trinajstić information content (AvgIpc) is 2.46. The van der Waals surface area contributed by atoms with Gasteiger partial charge in [0.05, 0.1) is 0 Å². The Bertz CT molecular complexity index is 344. The first kappa shape index (κ1) is 13.0. The first-order valence-corrected chi connectivity index (χ1v) is 5.09. The van der Waals surface area contributed by atoms with Crippen molar-refractivity contribution in [2.45, 2.75) is 33.0 Å². The van der Waals surface area contributed by atoms with Crippen LogP contribution in [-0.4, -0.2) is 21.5 Å². The standard InChI is InChI=1S/C10H15F3N2O/c1-7(2)5-15-6-8(3-4-16)9(14-15)10(11,12)13/h6-7,16H,3-5H2,1-2H3. The lowest BCUT2D eigenvalue weighted by Gasteiger charge is -2.05. The molecule has 1 N–H and O–H groups in total. The van der Waals surface area contributed by atoms with E-state index in [-0.39, 0.29) is 24.5 Å². The summed E-state index contributed by atoms with van der Waals surface area (Å²) in [6.45, 7) is 3.94. The molecule has 0 unspecified atom stereocenters. The van der Waals surface area contributed by atoms with Crippen LogP contribution in [0.3, 0.4) is 0 Å². The summed E-state index contributed by atoms with van der Waals surface area (Å²) in [5.41, 5.74) is -0.835. The number of aliphatic hydroxyl groups is 1. The lowest BCUT2D eigenvalue weighted by Crippen LogP contribution is -2.11. The number of nitrogens with zero attached hydrogens (tertiary/aromatic N) is 2. The van der Waals surface area contributed by atoms with Gasteiger partial charge in [0.2, 0.25) is 0 Å². The Balaban J connectivity index is 3.00. The van der Waals surface area contributed by atoms with E-state index in [0.29, 0.717) is 6.54 Å². The lowest BCUT2D eigenvalue weighted by molar-refractivity contribution is -0.142. The molecule has 1 heterocycles. The van der Waals surface area contributed by atoms with Crippen LogP contribution in [-0.2, 0) is 19.1 Å². The van der Waals surface area contributed by atoms with Crippen molar-refractivity contribution >= 4 is 0 Å². The van der Waals surface area contributed by atoms with E-state index in [1.807, 2.05) is 13.8 Å². The van der Waals surface area contributed by atoms with Gasteiger partial charge in [-0.25, -0.2) is 0 Å². The van der Waals surface area contributed by atoms with E-state index < -0.39 is 11.9 Å². The van der Waals surface area contributed by atoms with Gasteiger partial charge in [0, 0.05) is 24.9 Å². The highest BCUT2D eigenvalue weighted by Gasteiger charge is 2.36. The highest BCUT2D eigenvalue weighted by molar-refractivity contribution is 5.20. The number of halogens is 3. The fraction of sp³-hybridized carbons (Fsp3) is 0.700. The van der Waals surface area contributed by atoms with Crippen LogP contribution in [0, 0.1) is 5.92 Å². The summed E-state index contributed by atoms with van der Waals surface area (Å²) in [7, 11) is 0. The summed E-state index contributed by atoms with van der Waals surface area (Å²) in [6, 6.07) is 0. The van der Waals surface area contributed by atoms with Crippen LogP contribution in [0.25, 0.3) is 0 Å². The van der Waals surface area contributed by atoms with Crippen LogP contribution in [0.15, 0.2) is 6.20 Å². The summed E-state index contributed by atoms with van der Waals surface area (Å²) in [6.07, 6.45) is -3.11. The molecule has 0 aliphatic rings. The zero-order valence-corrected chi connectivity index (χ0v) is 9.25. The molecule has 6 heteroatoms. The Morgan fingerprint density at radius 1 is 1.44 bits per heavy atom. The third-order valence-corrected chi connectivity index (χ3v) is 2.04. The zero-order chi connectivity index (χ0) is 12.3. The molecule has 0 fully saturated rings. The van der Waals surface area contributed by atoms with E-state index in [1.54, 1.807) is 0 Å². The van der Waals surface area contributed by atoms with Crippen LogP contribution >= 0.6 is 0 Å². The van der Waals surface area contributed by atoms with Crippen LogP contribution in [0.2, 0.25) is 0 Å². The molecule has 0 amide bonds. The third-order valence-electron chi connectivity index (χ3n) is 2.04.